The number of amides is 1. The van der Waals surface area contributed by atoms with Crippen LogP contribution < -0.4 is 5.32 Å². The molecule has 2 aliphatic carbocycles. The first-order valence-corrected chi connectivity index (χ1v) is 8.36. The third-order valence-corrected chi connectivity index (χ3v) is 4.39. The van der Waals surface area contributed by atoms with E-state index in [9.17, 15) is 4.79 Å². The van der Waals surface area contributed by atoms with Gasteiger partial charge in [0.05, 0.1) is 18.5 Å². The molecule has 0 bridgehead atoms. The predicted molar refractivity (Wildman–Crippen MR) is 86.9 cm³/mol. The molecule has 2 aromatic heterocycles. The van der Waals surface area contributed by atoms with Crippen LogP contribution in [0, 0.1) is 0 Å². The van der Waals surface area contributed by atoms with Crippen molar-refractivity contribution in [1.82, 2.24) is 15.1 Å². The van der Waals surface area contributed by atoms with E-state index in [1.165, 1.54) is 43.1 Å². The Labute approximate surface area is 135 Å². The van der Waals surface area contributed by atoms with Gasteiger partial charge in [-0.05, 0) is 50.0 Å². The lowest BCUT2D eigenvalue weighted by molar-refractivity contribution is -0.116. The Bertz CT molecular complexity index is 707. The number of nitrogens with zero attached hydrogens (tertiary/aromatic N) is 2. The molecule has 0 unspecified atom stereocenters. The molecular weight excluding hydrogens is 290 g/mol. The quantitative estimate of drug-likeness (QED) is 0.799. The SMILES string of the molecule is O=C(/C=C/c1ccco1)NCCn1nc(C2CC2)cc1C1CC1. The highest BCUT2D eigenvalue weighted by molar-refractivity contribution is 5.91. The lowest BCUT2D eigenvalue weighted by Gasteiger charge is -2.07. The fourth-order valence-corrected chi connectivity index (χ4v) is 2.81. The van der Waals surface area contributed by atoms with E-state index >= 15 is 0 Å². The molecule has 1 amide bonds. The molecule has 2 aromatic rings. The van der Waals surface area contributed by atoms with Crippen LogP contribution in [-0.2, 0) is 11.3 Å². The van der Waals surface area contributed by atoms with Crippen molar-refractivity contribution in [2.24, 2.45) is 0 Å². The van der Waals surface area contributed by atoms with E-state index < -0.39 is 0 Å². The first-order valence-electron chi connectivity index (χ1n) is 8.36. The van der Waals surface area contributed by atoms with Crippen molar-refractivity contribution >= 4 is 12.0 Å². The fourth-order valence-electron chi connectivity index (χ4n) is 2.81. The molecule has 0 aliphatic heterocycles. The van der Waals surface area contributed by atoms with Crippen LogP contribution in [0.2, 0.25) is 0 Å². The molecule has 1 N–H and O–H groups in total. The molecule has 0 aromatic carbocycles. The van der Waals surface area contributed by atoms with Gasteiger partial charge in [-0.15, -0.1) is 0 Å². The molecule has 2 heterocycles. The van der Waals surface area contributed by atoms with Gasteiger partial charge in [0.1, 0.15) is 5.76 Å². The summed E-state index contributed by atoms with van der Waals surface area (Å²) in [7, 11) is 0. The molecule has 2 saturated carbocycles. The molecule has 2 fully saturated rings. The van der Waals surface area contributed by atoms with Crippen molar-refractivity contribution in [2.75, 3.05) is 6.54 Å². The molecule has 4 rings (SSSR count). The summed E-state index contributed by atoms with van der Waals surface area (Å²) >= 11 is 0. The molecular formula is C18H21N3O2. The zero-order chi connectivity index (χ0) is 15.6. The molecule has 0 atom stereocenters. The third kappa shape index (κ3) is 3.55. The van der Waals surface area contributed by atoms with Gasteiger partial charge in [-0.3, -0.25) is 9.48 Å². The summed E-state index contributed by atoms with van der Waals surface area (Å²) in [6.07, 6.45) is 9.85. The summed E-state index contributed by atoms with van der Waals surface area (Å²) in [5.41, 5.74) is 2.60. The van der Waals surface area contributed by atoms with Crippen molar-refractivity contribution in [3.63, 3.8) is 0 Å². The Hall–Kier alpha value is -2.30. The number of carbonyl (C=O) groups is 1. The van der Waals surface area contributed by atoms with Crippen LogP contribution in [0.15, 0.2) is 35.0 Å². The van der Waals surface area contributed by atoms with Crippen LogP contribution in [0.5, 0.6) is 0 Å². The van der Waals surface area contributed by atoms with E-state index in [1.54, 1.807) is 18.4 Å². The number of rotatable bonds is 7. The zero-order valence-electron chi connectivity index (χ0n) is 13.1. The highest BCUT2D eigenvalue weighted by Crippen LogP contribution is 2.44. The van der Waals surface area contributed by atoms with Gasteiger partial charge in [-0.25, -0.2) is 0 Å². The Morgan fingerprint density at radius 3 is 2.87 bits per heavy atom. The van der Waals surface area contributed by atoms with E-state index in [0.29, 0.717) is 24.1 Å². The van der Waals surface area contributed by atoms with Crippen LogP contribution in [0.4, 0.5) is 0 Å². The van der Waals surface area contributed by atoms with Gasteiger partial charge in [0.25, 0.3) is 0 Å². The number of carbonyl (C=O) groups excluding carboxylic acids is 1. The normalized spacial score (nSPS) is 17.7. The number of hydrogen-bond donors (Lipinski definition) is 1. The maximum atomic E-state index is 11.8. The predicted octanol–water partition coefficient (Wildman–Crippen LogP) is 3.06. The second kappa shape index (κ2) is 6.07. The Morgan fingerprint density at radius 2 is 2.17 bits per heavy atom. The van der Waals surface area contributed by atoms with Gasteiger partial charge >= 0.3 is 0 Å². The smallest absolute Gasteiger partial charge is 0.244 e. The minimum absolute atomic E-state index is 0.107. The van der Waals surface area contributed by atoms with Crippen molar-refractivity contribution in [3.8, 4) is 0 Å². The van der Waals surface area contributed by atoms with Gasteiger partial charge < -0.3 is 9.73 Å². The molecule has 5 nitrogen and oxygen atoms in total. The van der Waals surface area contributed by atoms with Crippen LogP contribution in [-0.4, -0.2) is 22.2 Å². The van der Waals surface area contributed by atoms with E-state index in [2.05, 4.69) is 16.1 Å². The van der Waals surface area contributed by atoms with E-state index in [0.717, 1.165) is 6.54 Å². The minimum Gasteiger partial charge on any atom is -0.465 e. The van der Waals surface area contributed by atoms with Gasteiger partial charge in [0.2, 0.25) is 5.91 Å². The fraction of sp³-hybridized carbons (Fsp3) is 0.444. The van der Waals surface area contributed by atoms with Crippen molar-refractivity contribution in [1.29, 1.82) is 0 Å². The Morgan fingerprint density at radius 1 is 1.35 bits per heavy atom. The monoisotopic (exact) mass is 311 g/mol. The topological polar surface area (TPSA) is 60.1 Å². The minimum atomic E-state index is -0.107. The number of nitrogens with one attached hydrogen (secondary N) is 1. The van der Waals surface area contributed by atoms with Crippen molar-refractivity contribution in [2.45, 2.75) is 44.1 Å². The summed E-state index contributed by atoms with van der Waals surface area (Å²) in [5, 5.41) is 7.66. The highest BCUT2D eigenvalue weighted by atomic mass is 16.3. The molecule has 0 spiro atoms. The summed E-state index contributed by atoms with van der Waals surface area (Å²) in [6.45, 7) is 1.33. The first kappa shape index (κ1) is 14.3. The van der Waals surface area contributed by atoms with Crippen LogP contribution in [0.3, 0.4) is 0 Å². The second-order valence-corrected chi connectivity index (χ2v) is 6.41. The lowest BCUT2D eigenvalue weighted by Crippen LogP contribution is -2.26. The summed E-state index contributed by atoms with van der Waals surface area (Å²) in [4.78, 5) is 11.8. The van der Waals surface area contributed by atoms with Gasteiger partial charge in [-0.1, -0.05) is 0 Å². The largest absolute Gasteiger partial charge is 0.465 e. The summed E-state index contributed by atoms with van der Waals surface area (Å²) in [6, 6.07) is 5.90. The third-order valence-electron chi connectivity index (χ3n) is 4.39. The van der Waals surface area contributed by atoms with Crippen LogP contribution >= 0.6 is 0 Å². The zero-order valence-corrected chi connectivity index (χ0v) is 13.1. The maximum Gasteiger partial charge on any atom is 0.244 e. The molecule has 23 heavy (non-hydrogen) atoms. The van der Waals surface area contributed by atoms with E-state index in [-0.39, 0.29) is 5.91 Å². The highest BCUT2D eigenvalue weighted by Gasteiger charge is 2.32. The van der Waals surface area contributed by atoms with Crippen LogP contribution in [0.1, 0.15) is 54.7 Å². The second-order valence-electron chi connectivity index (χ2n) is 6.41. The molecule has 0 radical (unpaired) electrons. The average molecular weight is 311 g/mol. The first-order chi connectivity index (χ1) is 11.3. The van der Waals surface area contributed by atoms with E-state index in [1.807, 2.05) is 6.07 Å². The molecule has 120 valence electrons. The van der Waals surface area contributed by atoms with Crippen LogP contribution in [0.25, 0.3) is 6.08 Å². The summed E-state index contributed by atoms with van der Waals surface area (Å²) in [5.74, 6) is 1.94. The Balaban J connectivity index is 1.31. The van der Waals surface area contributed by atoms with E-state index in [4.69, 9.17) is 9.52 Å². The molecule has 2 aliphatic rings. The molecule has 0 saturated heterocycles. The Kier molecular flexibility index (Phi) is 3.77. The van der Waals surface area contributed by atoms with Gasteiger partial charge in [0, 0.05) is 30.2 Å². The number of aromatic nitrogens is 2. The molecule has 5 heteroatoms. The lowest BCUT2D eigenvalue weighted by atomic mass is 10.2. The summed E-state index contributed by atoms with van der Waals surface area (Å²) < 4.78 is 7.26. The van der Waals surface area contributed by atoms with Gasteiger partial charge in [-0.2, -0.15) is 5.10 Å². The average Bonchev–Trinajstić information content (AvgIpc) is 3.48. The van der Waals surface area contributed by atoms with Gasteiger partial charge in [0.15, 0.2) is 0 Å². The van der Waals surface area contributed by atoms with Crippen molar-refractivity contribution < 1.29 is 9.21 Å². The standard InChI is InChI=1S/C18H21N3O2/c22-18(8-7-15-2-1-11-23-15)19-9-10-21-17(14-5-6-14)12-16(20-21)13-3-4-13/h1-2,7-8,11-14H,3-6,9-10H2,(H,19,22)/b8-7+. The van der Waals surface area contributed by atoms with Crippen molar-refractivity contribution in [3.05, 3.63) is 47.7 Å². The number of furan rings is 1. The number of hydrogen-bond acceptors (Lipinski definition) is 3. The maximum absolute atomic E-state index is 11.8.